The Balaban J connectivity index is 1.79. The van der Waals surface area contributed by atoms with Gasteiger partial charge in [0.2, 0.25) is 5.91 Å². The normalized spacial score (nSPS) is 24.9. The summed E-state index contributed by atoms with van der Waals surface area (Å²) in [5.74, 6) is 0.802. The molecule has 5 heteroatoms. The zero-order valence-electron chi connectivity index (χ0n) is 11.8. The third-order valence-electron chi connectivity index (χ3n) is 3.81. The van der Waals surface area contributed by atoms with Gasteiger partial charge in [-0.3, -0.25) is 9.48 Å². The fourth-order valence-electron chi connectivity index (χ4n) is 2.64. The van der Waals surface area contributed by atoms with Crippen molar-refractivity contribution >= 4 is 5.91 Å². The quantitative estimate of drug-likeness (QED) is 0.839. The van der Waals surface area contributed by atoms with Crippen LogP contribution in [0.15, 0.2) is 18.5 Å². The maximum absolute atomic E-state index is 12.2. The minimum absolute atomic E-state index is 0.0289. The fourth-order valence-corrected chi connectivity index (χ4v) is 2.64. The summed E-state index contributed by atoms with van der Waals surface area (Å²) >= 11 is 0. The number of hydrogen-bond acceptors (Lipinski definition) is 3. The van der Waals surface area contributed by atoms with Gasteiger partial charge in [0.1, 0.15) is 0 Å². The highest BCUT2D eigenvalue weighted by Gasteiger charge is 2.26. The minimum Gasteiger partial charge on any atom is -0.350 e. The second-order valence-corrected chi connectivity index (χ2v) is 5.44. The van der Waals surface area contributed by atoms with Crippen LogP contribution in [-0.2, 0) is 11.3 Å². The molecule has 0 spiro atoms. The van der Waals surface area contributed by atoms with Gasteiger partial charge in [-0.05, 0) is 38.3 Å². The van der Waals surface area contributed by atoms with Crippen LogP contribution in [0.3, 0.4) is 0 Å². The van der Waals surface area contributed by atoms with Crippen LogP contribution in [0, 0.1) is 5.92 Å². The highest BCUT2D eigenvalue weighted by molar-refractivity contribution is 5.82. The summed E-state index contributed by atoms with van der Waals surface area (Å²) in [7, 11) is 0. The maximum atomic E-state index is 12.2. The molecule has 0 aromatic carbocycles. The monoisotopic (exact) mass is 264 g/mol. The van der Waals surface area contributed by atoms with Crippen molar-refractivity contribution in [1.82, 2.24) is 20.4 Å². The van der Waals surface area contributed by atoms with Gasteiger partial charge < -0.3 is 10.6 Å². The van der Waals surface area contributed by atoms with Gasteiger partial charge in [0, 0.05) is 18.4 Å². The van der Waals surface area contributed by atoms with Crippen LogP contribution < -0.4 is 10.6 Å². The summed E-state index contributed by atoms with van der Waals surface area (Å²) in [6, 6.07) is 1.96. The van der Waals surface area contributed by atoms with Crippen LogP contribution in [0.2, 0.25) is 0 Å². The van der Waals surface area contributed by atoms with Crippen molar-refractivity contribution in [2.45, 2.75) is 51.7 Å². The second-order valence-electron chi connectivity index (χ2n) is 5.44. The topological polar surface area (TPSA) is 59.0 Å². The number of carbonyl (C=O) groups excluding carboxylic acids is 1. The largest absolute Gasteiger partial charge is 0.350 e. The summed E-state index contributed by atoms with van der Waals surface area (Å²) in [6.45, 7) is 5.87. The molecule has 1 aromatic heterocycles. The van der Waals surface area contributed by atoms with Gasteiger partial charge in [0.05, 0.1) is 12.6 Å². The zero-order chi connectivity index (χ0) is 13.7. The Morgan fingerprint density at radius 3 is 3.16 bits per heavy atom. The van der Waals surface area contributed by atoms with E-state index in [1.807, 2.05) is 23.9 Å². The summed E-state index contributed by atoms with van der Waals surface area (Å²) in [5, 5.41) is 10.5. The number of nitrogens with one attached hydrogen (secondary N) is 2. The van der Waals surface area contributed by atoms with Crippen LogP contribution in [0.4, 0.5) is 0 Å². The van der Waals surface area contributed by atoms with Crippen molar-refractivity contribution in [3.05, 3.63) is 18.5 Å². The Labute approximate surface area is 114 Å². The molecule has 3 unspecified atom stereocenters. The maximum Gasteiger partial charge on any atom is 0.237 e. The molecule has 2 heterocycles. The highest BCUT2D eigenvalue weighted by Crippen LogP contribution is 2.19. The first-order chi connectivity index (χ1) is 9.19. The van der Waals surface area contributed by atoms with Gasteiger partial charge in [-0.2, -0.15) is 5.10 Å². The average Bonchev–Trinajstić information content (AvgIpc) is 2.91. The number of amides is 1. The Morgan fingerprint density at radius 1 is 1.63 bits per heavy atom. The third-order valence-corrected chi connectivity index (χ3v) is 3.81. The Bertz CT molecular complexity index is 390. The lowest BCUT2D eigenvalue weighted by Crippen LogP contribution is -2.51. The van der Waals surface area contributed by atoms with Crippen molar-refractivity contribution < 1.29 is 4.79 Å². The highest BCUT2D eigenvalue weighted by atomic mass is 16.2. The molecule has 1 aromatic rings. The van der Waals surface area contributed by atoms with E-state index >= 15 is 0 Å². The standard InChI is InChI=1S/C14H24N4O/c1-3-12-5-7-15-13(9-12)14(19)17-11(2)10-18-8-4-6-16-18/h4,6,8,11-13,15H,3,5,7,9-10H2,1-2H3,(H,17,19). The first kappa shape index (κ1) is 14.1. The minimum atomic E-state index is -0.0289. The second kappa shape index (κ2) is 6.70. The van der Waals surface area contributed by atoms with Gasteiger partial charge in [0.15, 0.2) is 0 Å². The van der Waals surface area contributed by atoms with Gasteiger partial charge in [0.25, 0.3) is 0 Å². The molecule has 1 amide bonds. The van der Waals surface area contributed by atoms with Crippen molar-refractivity contribution in [1.29, 1.82) is 0 Å². The van der Waals surface area contributed by atoms with Gasteiger partial charge in [-0.15, -0.1) is 0 Å². The summed E-state index contributed by atoms with van der Waals surface area (Å²) in [4.78, 5) is 12.2. The number of nitrogens with zero attached hydrogens (tertiary/aromatic N) is 2. The van der Waals surface area contributed by atoms with Crippen LogP contribution in [0.1, 0.15) is 33.1 Å². The van der Waals surface area contributed by atoms with Crippen LogP contribution >= 0.6 is 0 Å². The molecule has 1 aliphatic heterocycles. The summed E-state index contributed by atoms with van der Waals surface area (Å²) < 4.78 is 1.84. The van der Waals surface area contributed by atoms with E-state index in [2.05, 4.69) is 22.7 Å². The molecule has 2 rings (SSSR count). The summed E-state index contributed by atoms with van der Waals surface area (Å²) in [5.41, 5.74) is 0. The Kier molecular flexibility index (Phi) is 4.96. The molecule has 106 valence electrons. The molecule has 19 heavy (non-hydrogen) atoms. The molecule has 3 atom stereocenters. The predicted octanol–water partition coefficient (Wildman–Crippen LogP) is 1.17. The van der Waals surface area contributed by atoms with E-state index in [4.69, 9.17) is 0 Å². The van der Waals surface area contributed by atoms with E-state index in [0.717, 1.165) is 19.4 Å². The molecule has 0 aliphatic carbocycles. The number of aromatic nitrogens is 2. The first-order valence-electron chi connectivity index (χ1n) is 7.20. The van der Waals surface area contributed by atoms with Gasteiger partial charge >= 0.3 is 0 Å². The first-order valence-corrected chi connectivity index (χ1v) is 7.20. The van der Waals surface area contributed by atoms with Gasteiger partial charge in [-0.25, -0.2) is 0 Å². The van der Waals surface area contributed by atoms with Crippen molar-refractivity contribution in [2.75, 3.05) is 6.54 Å². The molecule has 1 aliphatic rings. The van der Waals surface area contributed by atoms with Crippen LogP contribution in [-0.4, -0.2) is 34.3 Å². The van der Waals surface area contributed by atoms with E-state index in [9.17, 15) is 4.79 Å². The number of carbonyl (C=O) groups is 1. The fraction of sp³-hybridized carbons (Fsp3) is 0.714. The smallest absolute Gasteiger partial charge is 0.237 e. The third kappa shape index (κ3) is 4.06. The van der Waals surface area contributed by atoms with Crippen molar-refractivity contribution in [3.63, 3.8) is 0 Å². The molecule has 5 nitrogen and oxygen atoms in total. The molecular weight excluding hydrogens is 240 g/mol. The molecule has 0 radical (unpaired) electrons. The van der Waals surface area contributed by atoms with E-state index in [0.29, 0.717) is 12.5 Å². The summed E-state index contributed by atoms with van der Waals surface area (Å²) in [6.07, 6.45) is 6.96. The van der Waals surface area contributed by atoms with Crippen molar-refractivity contribution in [3.8, 4) is 0 Å². The van der Waals surface area contributed by atoms with Crippen LogP contribution in [0.5, 0.6) is 0 Å². The molecule has 1 saturated heterocycles. The lowest BCUT2D eigenvalue weighted by atomic mass is 9.90. The number of hydrogen-bond donors (Lipinski definition) is 2. The Morgan fingerprint density at radius 2 is 2.47 bits per heavy atom. The van der Waals surface area contributed by atoms with E-state index in [-0.39, 0.29) is 18.0 Å². The van der Waals surface area contributed by atoms with Crippen molar-refractivity contribution in [2.24, 2.45) is 5.92 Å². The molecular formula is C14H24N4O. The molecule has 0 bridgehead atoms. The lowest BCUT2D eigenvalue weighted by Gasteiger charge is -2.29. The van der Waals surface area contributed by atoms with Crippen LogP contribution in [0.25, 0.3) is 0 Å². The van der Waals surface area contributed by atoms with E-state index < -0.39 is 0 Å². The average molecular weight is 264 g/mol. The SMILES string of the molecule is CCC1CCNC(C(=O)NC(C)Cn2cccn2)C1. The predicted molar refractivity (Wildman–Crippen MR) is 74.6 cm³/mol. The molecule has 2 N–H and O–H groups in total. The van der Waals surface area contributed by atoms with Gasteiger partial charge in [-0.1, -0.05) is 13.3 Å². The Hall–Kier alpha value is -1.36. The lowest BCUT2D eigenvalue weighted by molar-refractivity contribution is -0.124. The number of piperidine rings is 1. The van der Waals surface area contributed by atoms with E-state index in [1.54, 1.807) is 6.20 Å². The molecule has 0 saturated carbocycles. The zero-order valence-corrected chi connectivity index (χ0v) is 11.8. The molecule has 1 fully saturated rings. The van der Waals surface area contributed by atoms with E-state index in [1.165, 1.54) is 6.42 Å². The number of rotatable bonds is 5.